The number of imidazole rings is 1. The predicted octanol–water partition coefficient (Wildman–Crippen LogP) is 6.75. The molecule has 0 amide bonds. The Balaban J connectivity index is 1.83. The molecule has 5 nitrogen and oxygen atoms in total. The van der Waals surface area contributed by atoms with E-state index in [1.807, 2.05) is 33.5 Å². The molecule has 0 atom stereocenters. The molecule has 1 aromatic carbocycles. The van der Waals surface area contributed by atoms with Gasteiger partial charge in [0, 0.05) is 50.0 Å². The van der Waals surface area contributed by atoms with Crippen LogP contribution in [0, 0.1) is 12.7 Å². The summed E-state index contributed by atoms with van der Waals surface area (Å²) < 4.78 is 24.1. The monoisotopic (exact) mass is 464 g/mol. The summed E-state index contributed by atoms with van der Waals surface area (Å²) in [6.45, 7) is 14.3. The third-order valence-corrected chi connectivity index (χ3v) is 7.56. The minimum Gasteiger partial charge on any atom is -0.360 e. The van der Waals surface area contributed by atoms with Crippen molar-refractivity contribution in [2.75, 3.05) is 6.61 Å². The Bertz CT molecular complexity index is 1270. The van der Waals surface area contributed by atoms with Gasteiger partial charge in [0.15, 0.2) is 0 Å². The predicted molar refractivity (Wildman–Crippen MR) is 135 cm³/mol. The Hall–Kier alpha value is -2.77. The van der Waals surface area contributed by atoms with E-state index in [1.54, 1.807) is 13.1 Å². The van der Waals surface area contributed by atoms with Crippen LogP contribution in [0.1, 0.15) is 31.0 Å². The van der Waals surface area contributed by atoms with Gasteiger partial charge in [-0.25, -0.2) is 14.1 Å². The summed E-state index contributed by atoms with van der Waals surface area (Å²) >= 11 is 0. The maximum absolute atomic E-state index is 14.0. The molecule has 0 saturated heterocycles. The van der Waals surface area contributed by atoms with E-state index in [4.69, 9.17) is 9.84 Å². The average Bonchev–Trinajstić information content (AvgIpc) is 3.36. The topological polar surface area (TPSA) is 44.3 Å². The number of benzene rings is 1. The van der Waals surface area contributed by atoms with Gasteiger partial charge in [0.1, 0.15) is 23.9 Å². The van der Waals surface area contributed by atoms with Crippen molar-refractivity contribution in [3.63, 3.8) is 0 Å². The average molecular weight is 465 g/mol. The highest BCUT2D eigenvalue weighted by Gasteiger charge is 2.24. The first-order valence-electron chi connectivity index (χ1n) is 11.5. The molecule has 0 unspecified atom stereocenters. The van der Waals surface area contributed by atoms with Crippen LogP contribution in [0.15, 0.2) is 48.9 Å². The summed E-state index contributed by atoms with van der Waals surface area (Å²) in [4.78, 5) is 4.37. The van der Waals surface area contributed by atoms with Crippen molar-refractivity contribution in [3.05, 3.63) is 66.0 Å². The zero-order valence-corrected chi connectivity index (χ0v) is 21.4. The summed E-state index contributed by atoms with van der Waals surface area (Å²) in [7, 11) is -1.17. The molecule has 0 spiro atoms. The van der Waals surface area contributed by atoms with E-state index in [2.05, 4.69) is 50.7 Å². The molecule has 3 heterocycles. The molecule has 0 aliphatic heterocycles. The Morgan fingerprint density at radius 3 is 2.55 bits per heavy atom. The number of hydrogen-bond acceptors (Lipinski definition) is 3. The van der Waals surface area contributed by atoms with E-state index >= 15 is 0 Å². The van der Waals surface area contributed by atoms with Crippen molar-refractivity contribution in [2.24, 2.45) is 0 Å². The molecular weight excluding hydrogens is 431 g/mol. The number of aromatic nitrogens is 4. The minimum absolute atomic E-state index is 0.210. The zero-order chi connectivity index (χ0) is 23.8. The molecule has 3 aromatic heterocycles. The number of halogens is 1. The molecule has 0 fully saturated rings. The van der Waals surface area contributed by atoms with Gasteiger partial charge in [0.05, 0.1) is 5.69 Å². The van der Waals surface area contributed by atoms with Gasteiger partial charge in [-0.2, -0.15) is 5.10 Å². The normalized spacial score (nSPS) is 12.2. The molecule has 0 bridgehead atoms. The summed E-state index contributed by atoms with van der Waals surface area (Å²) in [6, 6.07) is 10.4. The standard InChI is InChI=1S/C26H33FN4OSi/c1-18(2)26-24(21-8-10-23-28-11-12-30(23)16-21)25(20-7-9-22(27)19(3)15-20)29-31(26)17-32-13-14-33(4,5)6/h7-12,15-16,18H,13-14,17H2,1-6H3. The van der Waals surface area contributed by atoms with Crippen molar-refractivity contribution in [1.29, 1.82) is 0 Å². The summed E-state index contributed by atoms with van der Waals surface area (Å²) in [5, 5.41) is 5.01. The Morgan fingerprint density at radius 2 is 1.85 bits per heavy atom. The van der Waals surface area contributed by atoms with Crippen LogP contribution >= 0.6 is 0 Å². The zero-order valence-electron chi connectivity index (χ0n) is 20.4. The van der Waals surface area contributed by atoms with Crippen LogP contribution in [0.5, 0.6) is 0 Å². The molecule has 0 N–H and O–H groups in total. The Kier molecular flexibility index (Phi) is 6.54. The van der Waals surface area contributed by atoms with E-state index < -0.39 is 8.07 Å². The lowest BCUT2D eigenvalue weighted by Crippen LogP contribution is -2.22. The summed E-state index contributed by atoms with van der Waals surface area (Å²) in [6.07, 6.45) is 5.82. The number of nitrogens with zero attached hydrogens (tertiary/aromatic N) is 4. The van der Waals surface area contributed by atoms with Gasteiger partial charge < -0.3 is 9.14 Å². The van der Waals surface area contributed by atoms with Crippen molar-refractivity contribution in [2.45, 2.75) is 59.1 Å². The molecule has 0 aliphatic carbocycles. The van der Waals surface area contributed by atoms with Gasteiger partial charge in [-0.1, -0.05) is 33.5 Å². The number of aryl methyl sites for hydroxylation is 1. The second kappa shape index (κ2) is 9.23. The smallest absolute Gasteiger partial charge is 0.139 e. The fourth-order valence-corrected chi connectivity index (χ4v) is 4.79. The quantitative estimate of drug-likeness (QED) is 0.214. The van der Waals surface area contributed by atoms with E-state index in [9.17, 15) is 4.39 Å². The van der Waals surface area contributed by atoms with Crippen LogP contribution in [0.2, 0.25) is 25.7 Å². The maximum Gasteiger partial charge on any atom is 0.139 e. The molecule has 0 aliphatic rings. The third kappa shape index (κ3) is 5.09. The van der Waals surface area contributed by atoms with Crippen molar-refractivity contribution in [1.82, 2.24) is 19.2 Å². The molecule has 0 saturated carbocycles. The summed E-state index contributed by atoms with van der Waals surface area (Å²) in [5.74, 6) is 0.0141. The van der Waals surface area contributed by atoms with Crippen LogP contribution in [-0.4, -0.2) is 33.8 Å². The van der Waals surface area contributed by atoms with Gasteiger partial charge in [-0.3, -0.25) is 0 Å². The van der Waals surface area contributed by atoms with Crippen molar-refractivity contribution < 1.29 is 9.13 Å². The van der Waals surface area contributed by atoms with Crippen LogP contribution in [0.4, 0.5) is 4.39 Å². The molecule has 0 radical (unpaired) electrons. The number of hydrogen-bond donors (Lipinski definition) is 0. The van der Waals surface area contributed by atoms with Gasteiger partial charge in [0.2, 0.25) is 0 Å². The number of ether oxygens (including phenoxy) is 1. The fourth-order valence-electron chi connectivity index (χ4n) is 4.04. The Morgan fingerprint density at radius 1 is 1.09 bits per heavy atom. The Labute approximate surface area is 196 Å². The van der Waals surface area contributed by atoms with Gasteiger partial charge >= 0.3 is 0 Å². The lowest BCUT2D eigenvalue weighted by Gasteiger charge is -2.17. The highest BCUT2D eigenvalue weighted by Crippen LogP contribution is 2.38. The molecule has 4 rings (SSSR count). The second-order valence-electron chi connectivity index (χ2n) is 10.2. The first kappa shape index (κ1) is 23.4. The molecule has 33 heavy (non-hydrogen) atoms. The lowest BCUT2D eigenvalue weighted by atomic mass is 9.95. The fraction of sp³-hybridized carbons (Fsp3) is 0.385. The summed E-state index contributed by atoms with van der Waals surface area (Å²) in [5.41, 5.74) is 6.46. The molecule has 7 heteroatoms. The third-order valence-electron chi connectivity index (χ3n) is 5.86. The number of rotatable bonds is 8. The van der Waals surface area contributed by atoms with E-state index in [-0.39, 0.29) is 11.7 Å². The SMILES string of the molecule is Cc1cc(-c2nn(COCC[Si](C)(C)C)c(C(C)C)c2-c2ccc3nccn3c2)ccc1F. The van der Waals surface area contributed by atoms with E-state index in [0.29, 0.717) is 12.3 Å². The maximum atomic E-state index is 14.0. The van der Waals surface area contributed by atoms with E-state index in [1.165, 1.54) is 6.07 Å². The highest BCUT2D eigenvalue weighted by molar-refractivity contribution is 6.76. The minimum atomic E-state index is -1.17. The number of fused-ring (bicyclic) bond motifs is 1. The van der Waals surface area contributed by atoms with Crippen LogP contribution in [0.3, 0.4) is 0 Å². The van der Waals surface area contributed by atoms with Crippen LogP contribution in [0.25, 0.3) is 28.0 Å². The molecule has 174 valence electrons. The molecular formula is C26H33FN4OSi. The van der Waals surface area contributed by atoms with Gasteiger partial charge in [-0.05, 0) is 54.8 Å². The number of pyridine rings is 1. The van der Waals surface area contributed by atoms with E-state index in [0.717, 1.165) is 46.4 Å². The molecule has 4 aromatic rings. The van der Waals surface area contributed by atoms with Gasteiger partial charge in [0.25, 0.3) is 0 Å². The largest absolute Gasteiger partial charge is 0.360 e. The van der Waals surface area contributed by atoms with Crippen LogP contribution in [-0.2, 0) is 11.5 Å². The van der Waals surface area contributed by atoms with Crippen LogP contribution < -0.4 is 0 Å². The first-order chi connectivity index (χ1) is 15.6. The van der Waals surface area contributed by atoms with Gasteiger partial charge in [-0.15, -0.1) is 0 Å². The first-order valence-corrected chi connectivity index (χ1v) is 15.2. The highest BCUT2D eigenvalue weighted by atomic mass is 28.3. The van der Waals surface area contributed by atoms with Crippen molar-refractivity contribution in [3.8, 4) is 22.4 Å². The lowest BCUT2D eigenvalue weighted by molar-refractivity contribution is 0.0761. The second-order valence-corrected chi connectivity index (χ2v) is 15.8. The van der Waals surface area contributed by atoms with Crippen molar-refractivity contribution >= 4 is 13.7 Å².